The molecule has 0 aliphatic carbocycles. The fourth-order valence-electron chi connectivity index (χ4n) is 3.28. The summed E-state index contributed by atoms with van der Waals surface area (Å²) in [6.07, 6.45) is 1.40. The molecule has 2 fully saturated rings. The van der Waals surface area contributed by atoms with Crippen molar-refractivity contribution >= 4 is 5.97 Å². The highest BCUT2D eigenvalue weighted by molar-refractivity contribution is 5.73. The van der Waals surface area contributed by atoms with Gasteiger partial charge in [-0.1, -0.05) is 0 Å². The number of nitrogens with zero attached hydrogens (tertiary/aromatic N) is 1. The van der Waals surface area contributed by atoms with Crippen LogP contribution in [0.25, 0.3) is 0 Å². The van der Waals surface area contributed by atoms with Crippen molar-refractivity contribution in [2.24, 2.45) is 5.92 Å². The number of morpholine rings is 1. The molecule has 0 unspecified atom stereocenters. The Labute approximate surface area is 128 Å². The third-order valence-corrected chi connectivity index (χ3v) is 4.03. The van der Waals surface area contributed by atoms with Crippen LogP contribution < -0.4 is 5.32 Å². The van der Waals surface area contributed by atoms with E-state index in [9.17, 15) is 4.79 Å². The van der Waals surface area contributed by atoms with Gasteiger partial charge in [-0.05, 0) is 41.0 Å². The van der Waals surface area contributed by atoms with Crippen molar-refractivity contribution in [2.75, 3.05) is 26.2 Å². The molecule has 2 heterocycles. The quantitative estimate of drug-likeness (QED) is 0.781. The minimum atomic E-state index is -0.411. The molecule has 0 amide bonds. The summed E-state index contributed by atoms with van der Waals surface area (Å²) >= 11 is 0. The maximum Gasteiger partial charge on any atom is 0.310 e. The van der Waals surface area contributed by atoms with Crippen LogP contribution in [0, 0.1) is 5.92 Å². The lowest BCUT2D eigenvalue weighted by molar-refractivity contribution is -0.161. The summed E-state index contributed by atoms with van der Waals surface area (Å²) < 4.78 is 11.3. The molecule has 21 heavy (non-hydrogen) atoms. The van der Waals surface area contributed by atoms with E-state index >= 15 is 0 Å². The second-order valence-electron chi connectivity index (χ2n) is 7.49. The van der Waals surface area contributed by atoms with Crippen LogP contribution in [0.15, 0.2) is 0 Å². The number of hydrogen-bond donors (Lipinski definition) is 1. The minimum absolute atomic E-state index is 0.0450. The zero-order valence-corrected chi connectivity index (χ0v) is 14.0. The molecular formula is C16H30N2O3. The van der Waals surface area contributed by atoms with Crippen LogP contribution in [-0.4, -0.2) is 60.9 Å². The molecule has 2 rings (SSSR count). The van der Waals surface area contributed by atoms with Crippen molar-refractivity contribution in [2.45, 2.75) is 64.9 Å². The lowest BCUT2D eigenvalue weighted by Gasteiger charge is -2.43. The van der Waals surface area contributed by atoms with Gasteiger partial charge in [0, 0.05) is 32.2 Å². The van der Waals surface area contributed by atoms with Crippen LogP contribution in [0.3, 0.4) is 0 Å². The summed E-state index contributed by atoms with van der Waals surface area (Å²) in [5, 5.41) is 3.40. The van der Waals surface area contributed by atoms with Gasteiger partial charge in [0.1, 0.15) is 5.60 Å². The van der Waals surface area contributed by atoms with Crippen LogP contribution in [0.1, 0.15) is 41.0 Å². The summed E-state index contributed by atoms with van der Waals surface area (Å²) in [5.74, 6) is -0.120. The maximum absolute atomic E-state index is 12.3. The van der Waals surface area contributed by atoms with Gasteiger partial charge in [0.15, 0.2) is 0 Å². The highest BCUT2D eigenvalue weighted by atomic mass is 16.6. The first-order chi connectivity index (χ1) is 9.74. The molecule has 5 nitrogen and oxygen atoms in total. The number of hydrogen-bond acceptors (Lipinski definition) is 5. The van der Waals surface area contributed by atoms with Gasteiger partial charge in [-0.3, -0.25) is 9.69 Å². The van der Waals surface area contributed by atoms with Crippen LogP contribution in [0.2, 0.25) is 0 Å². The molecule has 2 aliphatic heterocycles. The number of nitrogens with one attached hydrogen (secondary N) is 1. The molecule has 0 radical (unpaired) electrons. The van der Waals surface area contributed by atoms with Crippen molar-refractivity contribution in [1.29, 1.82) is 0 Å². The summed E-state index contributed by atoms with van der Waals surface area (Å²) in [6.45, 7) is 13.5. The van der Waals surface area contributed by atoms with Crippen LogP contribution in [0.5, 0.6) is 0 Å². The lowest BCUT2D eigenvalue weighted by Crippen LogP contribution is -2.56. The van der Waals surface area contributed by atoms with E-state index in [-0.39, 0.29) is 24.1 Å². The molecule has 0 aromatic rings. The van der Waals surface area contributed by atoms with E-state index in [2.05, 4.69) is 24.1 Å². The van der Waals surface area contributed by atoms with E-state index in [0.29, 0.717) is 6.04 Å². The molecule has 2 aliphatic rings. The van der Waals surface area contributed by atoms with Gasteiger partial charge < -0.3 is 14.8 Å². The second-order valence-corrected chi connectivity index (χ2v) is 7.49. The standard InChI is InChI=1S/C16H30N2O3/c1-11-9-18(10-12(2)20-11)14-6-13(7-17-8-14)15(19)21-16(3,4)5/h11-14,17H,6-10H2,1-5H3/t11-,12+,13-,14-/m1/s1. The third-order valence-electron chi connectivity index (χ3n) is 4.03. The number of carbonyl (C=O) groups excluding carboxylic acids is 1. The summed E-state index contributed by atoms with van der Waals surface area (Å²) in [6, 6.07) is 0.394. The summed E-state index contributed by atoms with van der Waals surface area (Å²) in [5.41, 5.74) is -0.411. The maximum atomic E-state index is 12.3. The van der Waals surface area contributed by atoms with Crippen molar-refractivity contribution in [3.05, 3.63) is 0 Å². The van der Waals surface area contributed by atoms with Gasteiger partial charge in [-0.2, -0.15) is 0 Å². The van der Waals surface area contributed by atoms with Crippen molar-refractivity contribution in [3.63, 3.8) is 0 Å². The smallest absolute Gasteiger partial charge is 0.310 e. The first-order valence-corrected chi connectivity index (χ1v) is 8.07. The normalized spacial score (nSPS) is 35.5. The van der Waals surface area contributed by atoms with E-state index in [1.807, 2.05) is 20.8 Å². The molecule has 0 bridgehead atoms. The largest absolute Gasteiger partial charge is 0.460 e. The third kappa shape index (κ3) is 4.94. The predicted octanol–water partition coefficient (Wildman–Crippen LogP) is 1.42. The van der Waals surface area contributed by atoms with E-state index in [1.165, 1.54) is 0 Å². The molecule has 1 N–H and O–H groups in total. The Bertz CT molecular complexity index is 357. The number of piperidine rings is 1. The number of esters is 1. The fourth-order valence-corrected chi connectivity index (χ4v) is 3.28. The summed E-state index contributed by atoms with van der Waals surface area (Å²) in [4.78, 5) is 14.7. The molecule has 2 saturated heterocycles. The molecule has 0 aromatic carbocycles. The topological polar surface area (TPSA) is 50.8 Å². The average molecular weight is 298 g/mol. The summed E-state index contributed by atoms with van der Waals surface area (Å²) in [7, 11) is 0. The van der Waals surface area contributed by atoms with Gasteiger partial charge in [0.05, 0.1) is 18.1 Å². The average Bonchev–Trinajstić information content (AvgIpc) is 2.36. The zero-order chi connectivity index (χ0) is 15.6. The Morgan fingerprint density at radius 3 is 2.38 bits per heavy atom. The molecule has 5 heteroatoms. The van der Waals surface area contributed by atoms with Crippen LogP contribution in [-0.2, 0) is 14.3 Å². The Morgan fingerprint density at radius 1 is 1.19 bits per heavy atom. The van der Waals surface area contributed by atoms with Crippen molar-refractivity contribution in [3.8, 4) is 0 Å². The first-order valence-electron chi connectivity index (χ1n) is 8.07. The second kappa shape index (κ2) is 6.63. The number of ether oxygens (including phenoxy) is 2. The zero-order valence-electron chi connectivity index (χ0n) is 14.0. The van der Waals surface area contributed by atoms with Gasteiger partial charge in [0.2, 0.25) is 0 Å². The molecule has 122 valence electrons. The van der Waals surface area contributed by atoms with E-state index < -0.39 is 5.60 Å². The van der Waals surface area contributed by atoms with Crippen molar-refractivity contribution in [1.82, 2.24) is 10.2 Å². The molecule has 0 aromatic heterocycles. The van der Waals surface area contributed by atoms with Gasteiger partial charge in [0.25, 0.3) is 0 Å². The molecule has 0 saturated carbocycles. The Balaban J connectivity index is 1.92. The van der Waals surface area contributed by atoms with Crippen LogP contribution >= 0.6 is 0 Å². The van der Waals surface area contributed by atoms with E-state index in [0.717, 1.165) is 32.6 Å². The number of rotatable bonds is 2. The van der Waals surface area contributed by atoms with Gasteiger partial charge >= 0.3 is 5.97 Å². The Kier molecular flexibility index (Phi) is 5.28. The first kappa shape index (κ1) is 16.7. The van der Waals surface area contributed by atoms with Crippen LogP contribution in [0.4, 0.5) is 0 Å². The Hall–Kier alpha value is -0.650. The van der Waals surface area contributed by atoms with E-state index in [1.54, 1.807) is 0 Å². The SMILES string of the molecule is C[C@@H]1CN([C@H]2CNC[C@H](C(=O)OC(C)(C)C)C2)C[C@H](C)O1. The fraction of sp³-hybridized carbons (Fsp3) is 0.938. The molecule has 4 atom stereocenters. The van der Waals surface area contributed by atoms with Crippen molar-refractivity contribution < 1.29 is 14.3 Å². The lowest BCUT2D eigenvalue weighted by atomic mass is 9.93. The minimum Gasteiger partial charge on any atom is -0.460 e. The number of carbonyl (C=O) groups is 1. The Morgan fingerprint density at radius 2 is 1.81 bits per heavy atom. The highest BCUT2D eigenvalue weighted by Crippen LogP contribution is 2.23. The van der Waals surface area contributed by atoms with E-state index in [4.69, 9.17) is 9.47 Å². The molecule has 0 spiro atoms. The predicted molar refractivity (Wildman–Crippen MR) is 82.2 cm³/mol. The molecular weight excluding hydrogens is 268 g/mol. The van der Waals surface area contributed by atoms with Gasteiger partial charge in [-0.25, -0.2) is 0 Å². The van der Waals surface area contributed by atoms with Gasteiger partial charge in [-0.15, -0.1) is 0 Å². The monoisotopic (exact) mass is 298 g/mol. The highest BCUT2D eigenvalue weighted by Gasteiger charge is 2.35.